The van der Waals surface area contributed by atoms with Gasteiger partial charge >= 0.3 is 5.97 Å². The molecule has 0 saturated carbocycles. The number of carbonyl (C=O) groups excluding carboxylic acids is 1. The highest BCUT2D eigenvalue weighted by Crippen LogP contribution is 2.26. The lowest BCUT2D eigenvalue weighted by molar-refractivity contribution is -0.123. The second kappa shape index (κ2) is 5.90. The molecule has 0 spiro atoms. The van der Waals surface area contributed by atoms with Crippen molar-refractivity contribution >= 4 is 17.6 Å². The fourth-order valence-corrected chi connectivity index (χ4v) is 1.28. The molecule has 1 aromatic heterocycles. The van der Waals surface area contributed by atoms with Crippen molar-refractivity contribution in [2.24, 2.45) is 5.41 Å². The fraction of sp³-hybridized carbons (Fsp3) is 0.500. The molecule has 0 unspecified atom stereocenters. The first kappa shape index (κ1) is 15.9. The largest absolute Gasteiger partial charge is 0.477 e. The van der Waals surface area contributed by atoms with Crippen molar-refractivity contribution in [1.29, 1.82) is 0 Å². The third-order valence-corrected chi connectivity index (χ3v) is 2.36. The van der Waals surface area contributed by atoms with E-state index in [1.54, 1.807) is 34.6 Å². The minimum atomic E-state index is -1.15. The number of nitrogens with zero attached hydrogens (tertiary/aromatic N) is 1. The Bertz CT molecular complexity index is 518. The minimum Gasteiger partial charge on any atom is -0.477 e. The number of anilines is 1. The number of aromatic nitrogens is 1. The van der Waals surface area contributed by atoms with Gasteiger partial charge in [0, 0.05) is 5.41 Å². The molecule has 0 aliphatic rings. The zero-order chi connectivity index (χ0) is 15.5. The third-order valence-electron chi connectivity index (χ3n) is 2.36. The van der Waals surface area contributed by atoms with Crippen molar-refractivity contribution in [2.75, 3.05) is 5.32 Å². The van der Waals surface area contributed by atoms with Crippen LogP contribution >= 0.6 is 0 Å². The summed E-state index contributed by atoms with van der Waals surface area (Å²) in [6.07, 6.45) is -0.183. The monoisotopic (exact) mass is 280 g/mol. The molecule has 0 aliphatic carbocycles. The molecule has 0 saturated heterocycles. The Morgan fingerprint density at radius 3 is 2.35 bits per heavy atom. The van der Waals surface area contributed by atoms with Crippen LogP contribution in [-0.2, 0) is 4.79 Å². The van der Waals surface area contributed by atoms with Gasteiger partial charge in [0.15, 0.2) is 5.69 Å². The molecule has 1 amide bonds. The number of ether oxygens (including phenoxy) is 1. The van der Waals surface area contributed by atoms with E-state index in [-0.39, 0.29) is 23.6 Å². The van der Waals surface area contributed by atoms with Gasteiger partial charge in [0.25, 0.3) is 0 Å². The molecule has 0 bridgehead atoms. The molecule has 0 fully saturated rings. The van der Waals surface area contributed by atoms with E-state index in [4.69, 9.17) is 9.84 Å². The van der Waals surface area contributed by atoms with Crippen LogP contribution in [0.2, 0.25) is 0 Å². The number of amides is 1. The lowest BCUT2D eigenvalue weighted by Gasteiger charge is -2.20. The van der Waals surface area contributed by atoms with Crippen LogP contribution < -0.4 is 10.1 Å². The van der Waals surface area contributed by atoms with E-state index >= 15 is 0 Å². The van der Waals surface area contributed by atoms with E-state index in [1.807, 2.05) is 0 Å². The number of carbonyl (C=O) groups is 2. The molecule has 20 heavy (non-hydrogen) atoms. The number of hydrogen-bond donors (Lipinski definition) is 2. The minimum absolute atomic E-state index is 0.109. The summed E-state index contributed by atoms with van der Waals surface area (Å²) in [5, 5.41) is 11.6. The zero-order valence-corrected chi connectivity index (χ0v) is 12.4. The predicted molar refractivity (Wildman–Crippen MR) is 75.0 cm³/mol. The molecule has 0 radical (unpaired) electrons. The molecule has 2 N–H and O–H groups in total. The molecule has 1 rings (SSSR count). The van der Waals surface area contributed by atoms with Crippen LogP contribution in [0.5, 0.6) is 5.88 Å². The Balaban J connectivity index is 3.11. The Morgan fingerprint density at radius 2 is 1.90 bits per heavy atom. The summed E-state index contributed by atoms with van der Waals surface area (Å²) in [5.74, 6) is -1.24. The number of carboxylic acid groups (broad SMARTS) is 1. The number of aromatic carboxylic acids is 1. The first-order valence-corrected chi connectivity index (χ1v) is 6.33. The Labute approximate surface area is 118 Å². The van der Waals surface area contributed by atoms with Gasteiger partial charge in [-0.15, -0.1) is 0 Å². The summed E-state index contributed by atoms with van der Waals surface area (Å²) in [7, 11) is 0. The van der Waals surface area contributed by atoms with Gasteiger partial charge in [0.1, 0.15) is 5.69 Å². The molecule has 6 nitrogen and oxygen atoms in total. The molecule has 0 atom stereocenters. The number of hydrogen-bond acceptors (Lipinski definition) is 4. The molecule has 0 aromatic carbocycles. The van der Waals surface area contributed by atoms with Crippen LogP contribution in [0.4, 0.5) is 5.69 Å². The van der Waals surface area contributed by atoms with Crippen LogP contribution in [0, 0.1) is 5.41 Å². The molecular weight excluding hydrogens is 260 g/mol. The number of rotatable bonds is 4. The van der Waals surface area contributed by atoms with Crippen LogP contribution in [0.1, 0.15) is 45.1 Å². The number of pyridine rings is 1. The fourth-order valence-electron chi connectivity index (χ4n) is 1.28. The maximum absolute atomic E-state index is 12.0. The number of nitrogens with one attached hydrogen (secondary N) is 1. The van der Waals surface area contributed by atoms with Crippen molar-refractivity contribution in [2.45, 2.75) is 40.7 Å². The van der Waals surface area contributed by atoms with Gasteiger partial charge in [-0.25, -0.2) is 9.78 Å². The van der Waals surface area contributed by atoms with Gasteiger partial charge in [-0.3, -0.25) is 4.79 Å². The van der Waals surface area contributed by atoms with Crippen LogP contribution in [0.3, 0.4) is 0 Å². The summed E-state index contributed by atoms with van der Waals surface area (Å²) < 4.78 is 5.46. The first-order chi connectivity index (χ1) is 9.11. The van der Waals surface area contributed by atoms with Crippen molar-refractivity contribution < 1.29 is 19.4 Å². The van der Waals surface area contributed by atoms with E-state index in [0.717, 1.165) is 0 Å². The Kier molecular flexibility index (Phi) is 4.70. The van der Waals surface area contributed by atoms with Gasteiger partial charge in [-0.05, 0) is 26.0 Å². The predicted octanol–water partition coefficient (Wildman–Crippen LogP) is 2.55. The summed E-state index contributed by atoms with van der Waals surface area (Å²) in [6, 6.07) is 2.81. The maximum atomic E-state index is 12.0. The van der Waals surface area contributed by atoms with Crippen LogP contribution in [0.25, 0.3) is 0 Å². The molecule has 1 heterocycles. The van der Waals surface area contributed by atoms with Crippen LogP contribution in [-0.4, -0.2) is 28.1 Å². The highest BCUT2D eigenvalue weighted by Gasteiger charge is 2.23. The smallest absolute Gasteiger partial charge is 0.354 e. The van der Waals surface area contributed by atoms with Crippen molar-refractivity contribution in [3.63, 3.8) is 0 Å². The van der Waals surface area contributed by atoms with E-state index in [1.165, 1.54) is 12.1 Å². The standard InChI is InChI=1S/C14H20N2O4/c1-8(2)20-11-9(16-13(19)14(3,4)5)6-7-10(15-11)12(17)18/h6-8H,1-5H3,(H,16,19)(H,17,18). The second-order valence-corrected chi connectivity index (χ2v) is 5.73. The van der Waals surface area contributed by atoms with Gasteiger partial charge < -0.3 is 15.2 Å². The highest BCUT2D eigenvalue weighted by molar-refractivity contribution is 5.96. The summed E-state index contributed by atoms with van der Waals surface area (Å²) in [5.41, 5.74) is -0.335. The van der Waals surface area contributed by atoms with E-state index in [9.17, 15) is 9.59 Å². The summed E-state index contributed by atoms with van der Waals surface area (Å²) in [6.45, 7) is 8.94. The van der Waals surface area contributed by atoms with E-state index in [2.05, 4.69) is 10.3 Å². The first-order valence-electron chi connectivity index (χ1n) is 6.33. The third kappa shape index (κ3) is 4.22. The van der Waals surface area contributed by atoms with Crippen molar-refractivity contribution in [3.8, 4) is 5.88 Å². The SMILES string of the molecule is CC(C)Oc1nc(C(=O)O)ccc1NC(=O)C(C)(C)C. The average molecular weight is 280 g/mol. The number of carboxylic acids is 1. The van der Waals surface area contributed by atoms with E-state index in [0.29, 0.717) is 5.69 Å². The van der Waals surface area contributed by atoms with Gasteiger partial charge in [-0.1, -0.05) is 20.8 Å². The molecule has 110 valence electrons. The van der Waals surface area contributed by atoms with Crippen molar-refractivity contribution in [1.82, 2.24) is 4.98 Å². The molecular formula is C14H20N2O4. The quantitative estimate of drug-likeness (QED) is 0.884. The zero-order valence-electron chi connectivity index (χ0n) is 12.4. The van der Waals surface area contributed by atoms with Crippen molar-refractivity contribution in [3.05, 3.63) is 17.8 Å². The Morgan fingerprint density at radius 1 is 1.30 bits per heavy atom. The van der Waals surface area contributed by atoms with Gasteiger partial charge in [0.2, 0.25) is 11.8 Å². The summed E-state index contributed by atoms with van der Waals surface area (Å²) in [4.78, 5) is 26.8. The Hall–Kier alpha value is -2.11. The van der Waals surface area contributed by atoms with Gasteiger partial charge in [-0.2, -0.15) is 0 Å². The second-order valence-electron chi connectivity index (χ2n) is 5.73. The lowest BCUT2D eigenvalue weighted by Crippen LogP contribution is -2.28. The topological polar surface area (TPSA) is 88.5 Å². The highest BCUT2D eigenvalue weighted by atomic mass is 16.5. The van der Waals surface area contributed by atoms with E-state index < -0.39 is 11.4 Å². The maximum Gasteiger partial charge on any atom is 0.354 e. The average Bonchev–Trinajstić information content (AvgIpc) is 2.28. The lowest BCUT2D eigenvalue weighted by atomic mass is 9.95. The van der Waals surface area contributed by atoms with Gasteiger partial charge in [0.05, 0.1) is 6.10 Å². The van der Waals surface area contributed by atoms with Crippen LogP contribution in [0.15, 0.2) is 12.1 Å². The summed E-state index contributed by atoms with van der Waals surface area (Å²) >= 11 is 0. The molecule has 1 aromatic rings. The molecule has 6 heteroatoms. The normalized spacial score (nSPS) is 11.3. The molecule has 0 aliphatic heterocycles.